The van der Waals surface area contributed by atoms with Crippen molar-refractivity contribution in [2.75, 3.05) is 36.2 Å². The molecule has 0 heterocycles. The predicted octanol–water partition coefficient (Wildman–Crippen LogP) is 3.22. The number of halogens is 3. The smallest absolute Gasteiger partial charge is 0.243 e. The Balaban J connectivity index is 1.94. The highest BCUT2D eigenvalue weighted by Crippen LogP contribution is 2.19. The van der Waals surface area contributed by atoms with Gasteiger partial charge in [-0.15, -0.1) is 0 Å². The van der Waals surface area contributed by atoms with Crippen LogP contribution in [0.4, 0.5) is 30.2 Å². The topological polar surface area (TPSA) is 44.4 Å². The highest BCUT2D eigenvalue weighted by molar-refractivity contribution is 5.93. The minimum atomic E-state index is -1.57. The number of carbonyl (C=O) groups excluding carboxylic acids is 1. The fraction of sp³-hybridized carbons (Fsp3) is 0.188. The number of anilines is 3. The quantitative estimate of drug-likeness (QED) is 0.831. The number of hydrogen-bond acceptors (Lipinski definition) is 3. The van der Waals surface area contributed by atoms with Crippen molar-refractivity contribution in [1.82, 2.24) is 0 Å². The lowest BCUT2D eigenvalue weighted by Crippen LogP contribution is -2.22. The number of nitrogens with one attached hydrogen (secondary N) is 2. The lowest BCUT2D eigenvalue weighted by molar-refractivity contribution is -0.114. The summed E-state index contributed by atoms with van der Waals surface area (Å²) < 4.78 is 39.3. The minimum absolute atomic E-state index is 0.276. The average Bonchev–Trinajstić information content (AvgIpc) is 2.52. The molecule has 0 spiro atoms. The second-order valence-electron chi connectivity index (χ2n) is 5.07. The van der Waals surface area contributed by atoms with Gasteiger partial charge in [-0.05, 0) is 36.4 Å². The third-order valence-corrected chi connectivity index (χ3v) is 3.14. The number of hydrogen-bond donors (Lipinski definition) is 2. The Bertz CT molecular complexity index is 702. The van der Waals surface area contributed by atoms with Crippen molar-refractivity contribution in [2.24, 2.45) is 0 Å². The monoisotopic (exact) mass is 323 g/mol. The summed E-state index contributed by atoms with van der Waals surface area (Å²) in [5.74, 6) is -4.65. The summed E-state index contributed by atoms with van der Waals surface area (Å²) in [7, 11) is 3.79. The van der Waals surface area contributed by atoms with E-state index in [1.165, 1.54) is 0 Å². The Morgan fingerprint density at radius 1 is 1.00 bits per heavy atom. The molecule has 1 amide bonds. The SMILES string of the molecule is CN(C)c1ccc(NC(=O)CNc2ccc(F)c(F)c2F)cc1. The Labute approximate surface area is 131 Å². The van der Waals surface area contributed by atoms with Gasteiger partial charge in [0.05, 0.1) is 12.2 Å². The van der Waals surface area contributed by atoms with E-state index in [0.29, 0.717) is 5.69 Å². The third-order valence-electron chi connectivity index (χ3n) is 3.14. The zero-order valence-corrected chi connectivity index (χ0v) is 12.7. The fourth-order valence-corrected chi connectivity index (χ4v) is 1.89. The van der Waals surface area contributed by atoms with Gasteiger partial charge in [0.2, 0.25) is 5.91 Å². The van der Waals surface area contributed by atoms with E-state index in [4.69, 9.17) is 0 Å². The van der Waals surface area contributed by atoms with E-state index >= 15 is 0 Å². The van der Waals surface area contributed by atoms with Crippen LogP contribution in [0.5, 0.6) is 0 Å². The van der Waals surface area contributed by atoms with Gasteiger partial charge in [0.25, 0.3) is 0 Å². The van der Waals surface area contributed by atoms with Gasteiger partial charge in [-0.2, -0.15) is 0 Å². The van der Waals surface area contributed by atoms with Crippen molar-refractivity contribution < 1.29 is 18.0 Å². The first-order valence-electron chi connectivity index (χ1n) is 6.83. The van der Waals surface area contributed by atoms with Crippen molar-refractivity contribution >= 4 is 23.0 Å². The molecule has 4 nitrogen and oxygen atoms in total. The van der Waals surface area contributed by atoms with Crippen molar-refractivity contribution in [3.8, 4) is 0 Å². The molecule has 0 atom stereocenters. The molecule has 0 unspecified atom stereocenters. The zero-order chi connectivity index (χ0) is 17.0. The molecule has 2 aromatic carbocycles. The van der Waals surface area contributed by atoms with Gasteiger partial charge in [0.15, 0.2) is 17.5 Å². The molecule has 0 saturated carbocycles. The maximum atomic E-state index is 13.4. The second-order valence-corrected chi connectivity index (χ2v) is 5.07. The summed E-state index contributed by atoms with van der Waals surface area (Å²) in [5.41, 5.74) is 1.28. The number of rotatable bonds is 5. The summed E-state index contributed by atoms with van der Waals surface area (Å²) in [5, 5.41) is 5.04. The predicted molar refractivity (Wildman–Crippen MR) is 84.2 cm³/mol. The van der Waals surface area contributed by atoms with Gasteiger partial charge < -0.3 is 15.5 Å². The van der Waals surface area contributed by atoms with Gasteiger partial charge in [-0.25, -0.2) is 13.2 Å². The molecule has 0 aliphatic carbocycles. The van der Waals surface area contributed by atoms with Crippen LogP contribution in [0, 0.1) is 17.5 Å². The molecule has 0 radical (unpaired) electrons. The van der Waals surface area contributed by atoms with Crippen molar-refractivity contribution in [1.29, 1.82) is 0 Å². The second kappa shape index (κ2) is 7.04. The maximum Gasteiger partial charge on any atom is 0.243 e. The van der Waals surface area contributed by atoms with Gasteiger partial charge >= 0.3 is 0 Å². The molecule has 0 aliphatic rings. The standard InChI is InChI=1S/C16H16F3N3O/c1-22(2)11-5-3-10(4-6-11)21-14(23)9-20-13-8-7-12(17)15(18)16(13)19/h3-8,20H,9H2,1-2H3,(H,21,23). The number of amides is 1. The largest absolute Gasteiger partial charge is 0.378 e. The van der Waals surface area contributed by atoms with E-state index in [2.05, 4.69) is 10.6 Å². The Morgan fingerprint density at radius 3 is 2.26 bits per heavy atom. The molecule has 0 saturated heterocycles. The van der Waals surface area contributed by atoms with Crippen LogP contribution in [0.25, 0.3) is 0 Å². The summed E-state index contributed by atoms with van der Waals surface area (Å²) in [6, 6.07) is 8.94. The summed E-state index contributed by atoms with van der Waals surface area (Å²) in [6.45, 7) is -0.280. The van der Waals surface area contributed by atoms with E-state index in [9.17, 15) is 18.0 Å². The summed E-state index contributed by atoms with van der Waals surface area (Å²) >= 11 is 0. The van der Waals surface area contributed by atoms with E-state index in [-0.39, 0.29) is 12.2 Å². The van der Waals surface area contributed by atoms with Gasteiger partial charge in [0.1, 0.15) is 0 Å². The first-order chi connectivity index (χ1) is 10.9. The highest BCUT2D eigenvalue weighted by atomic mass is 19.2. The van der Waals surface area contributed by atoms with Crippen LogP contribution in [0.15, 0.2) is 36.4 Å². The number of benzene rings is 2. The van der Waals surface area contributed by atoms with Gasteiger partial charge in [-0.3, -0.25) is 4.79 Å². The normalized spacial score (nSPS) is 10.3. The van der Waals surface area contributed by atoms with Crippen LogP contribution < -0.4 is 15.5 Å². The fourth-order valence-electron chi connectivity index (χ4n) is 1.89. The summed E-state index contributed by atoms with van der Waals surface area (Å²) in [6.07, 6.45) is 0. The maximum absolute atomic E-state index is 13.4. The van der Waals surface area contributed by atoms with E-state index < -0.39 is 23.4 Å². The molecule has 23 heavy (non-hydrogen) atoms. The van der Waals surface area contributed by atoms with Crippen molar-refractivity contribution in [2.45, 2.75) is 0 Å². The van der Waals surface area contributed by atoms with Gasteiger partial charge in [0, 0.05) is 25.5 Å². The molecule has 0 fully saturated rings. The van der Waals surface area contributed by atoms with Crippen LogP contribution in [0.1, 0.15) is 0 Å². The lowest BCUT2D eigenvalue weighted by atomic mass is 10.2. The first kappa shape index (κ1) is 16.7. The van der Waals surface area contributed by atoms with Crippen LogP contribution in [0.3, 0.4) is 0 Å². The summed E-state index contributed by atoms with van der Waals surface area (Å²) in [4.78, 5) is 13.7. The molecule has 0 aromatic heterocycles. The lowest BCUT2D eigenvalue weighted by Gasteiger charge is -2.13. The Hall–Kier alpha value is -2.70. The Morgan fingerprint density at radius 2 is 1.65 bits per heavy atom. The molecule has 0 aliphatic heterocycles. The molecule has 7 heteroatoms. The molecule has 2 rings (SSSR count). The molecule has 0 bridgehead atoms. The van der Waals surface area contributed by atoms with Crippen LogP contribution >= 0.6 is 0 Å². The highest BCUT2D eigenvalue weighted by Gasteiger charge is 2.13. The van der Waals surface area contributed by atoms with Gasteiger partial charge in [-0.1, -0.05) is 0 Å². The van der Waals surface area contributed by atoms with E-state index in [1.54, 1.807) is 12.1 Å². The van der Waals surface area contributed by atoms with E-state index in [0.717, 1.165) is 17.8 Å². The van der Waals surface area contributed by atoms with Crippen LogP contribution in [-0.4, -0.2) is 26.5 Å². The van der Waals surface area contributed by atoms with Crippen molar-refractivity contribution in [3.63, 3.8) is 0 Å². The van der Waals surface area contributed by atoms with E-state index in [1.807, 2.05) is 31.1 Å². The minimum Gasteiger partial charge on any atom is -0.378 e. The first-order valence-corrected chi connectivity index (χ1v) is 6.83. The molecule has 2 N–H and O–H groups in total. The molecular weight excluding hydrogens is 307 g/mol. The Kier molecular flexibility index (Phi) is 5.10. The number of carbonyl (C=O) groups is 1. The molecular formula is C16H16F3N3O. The van der Waals surface area contributed by atoms with Crippen LogP contribution in [-0.2, 0) is 4.79 Å². The zero-order valence-electron chi connectivity index (χ0n) is 12.7. The van der Waals surface area contributed by atoms with Crippen molar-refractivity contribution in [3.05, 3.63) is 53.8 Å². The average molecular weight is 323 g/mol. The molecule has 2 aromatic rings. The number of nitrogens with zero attached hydrogens (tertiary/aromatic N) is 1. The molecule has 122 valence electrons. The van der Waals surface area contributed by atoms with Crippen LogP contribution in [0.2, 0.25) is 0 Å². The third kappa shape index (κ3) is 4.15.